The zero-order chi connectivity index (χ0) is 21.8. The predicted octanol–water partition coefficient (Wildman–Crippen LogP) is 6.98. The zero-order valence-electron chi connectivity index (χ0n) is 15.3. The number of nitrogens with one attached hydrogen (secondary N) is 1. The van der Waals surface area contributed by atoms with E-state index < -0.39 is 12.5 Å². The Labute approximate surface area is 185 Å². The largest absolute Gasteiger partial charge is 0.483 e. The highest BCUT2D eigenvalue weighted by molar-refractivity contribution is 6.40. The molecule has 0 aliphatic rings. The van der Waals surface area contributed by atoms with Crippen LogP contribution in [-0.4, -0.2) is 12.5 Å². The van der Waals surface area contributed by atoms with Gasteiger partial charge in [-0.15, -0.1) is 0 Å². The van der Waals surface area contributed by atoms with Crippen molar-refractivity contribution in [2.45, 2.75) is 20.1 Å². The molecule has 1 heterocycles. The van der Waals surface area contributed by atoms with Crippen molar-refractivity contribution >= 4 is 46.4 Å². The van der Waals surface area contributed by atoms with E-state index in [0.29, 0.717) is 22.0 Å². The Morgan fingerprint density at radius 1 is 1.10 bits per heavy atom. The third-order valence-electron chi connectivity index (χ3n) is 3.88. The molecule has 0 unspecified atom stereocenters. The number of alkyl halides is 2. The molecule has 0 aliphatic heterocycles. The fraction of sp³-hybridized carbons (Fsp3) is 0.150. The highest BCUT2D eigenvalue weighted by Gasteiger charge is 2.15. The minimum atomic E-state index is -2.92. The summed E-state index contributed by atoms with van der Waals surface area (Å²) in [5.41, 5.74) is 0.971. The number of furan rings is 1. The van der Waals surface area contributed by atoms with Crippen molar-refractivity contribution in [2.75, 3.05) is 5.32 Å². The molecule has 1 amide bonds. The molecule has 3 aromatic rings. The number of amides is 1. The van der Waals surface area contributed by atoms with Crippen molar-refractivity contribution in [1.29, 1.82) is 0 Å². The number of rotatable bonds is 7. The monoisotopic (exact) mass is 475 g/mol. The molecule has 1 aromatic heterocycles. The summed E-state index contributed by atoms with van der Waals surface area (Å²) < 4.78 is 39.9. The smallest absolute Gasteiger partial charge is 0.387 e. The molecule has 5 nitrogen and oxygen atoms in total. The molecule has 0 saturated carbocycles. The molecule has 0 radical (unpaired) electrons. The topological polar surface area (TPSA) is 60.7 Å². The molecule has 0 spiro atoms. The van der Waals surface area contributed by atoms with Gasteiger partial charge in [0.15, 0.2) is 11.5 Å². The van der Waals surface area contributed by atoms with E-state index in [-0.39, 0.29) is 33.9 Å². The highest BCUT2D eigenvalue weighted by Crippen LogP contribution is 2.36. The van der Waals surface area contributed by atoms with E-state index in [4.69, 9.17) is 44.0 Å². The zero-order valence-corrected chi connectivity index (χ0v) is 17.6. The van der Waals surface area contributed by atoms with Gasteiger partial charge in [0.2, 0.25) is 0 Å². The van der Waals surface area contributed by atoms with Crippen molar-refractivity contribution < 1.29 is 27.5 Å². The minimum absolute atomic E-state index is 0.00236. The number of hydrogen-bond acceptors (Lipinski definition) is 4. The van der Waals surface area contributed by atoms with Crippen LogP contribution in [0.2, 0.25) is 15.1 Å². The van der Waals surface area contributed by atoms with E-state index in [0.717, 1.165) is 0 Å². The number of hydrogen-bond donors (Lipinski definition) is 1. The molecule has 10 heteroatoms. The van der Waals surface area contributed by atoms with Gasteiger partial charge >= 0.3 is 6.61 Å². The second-order valence-electron chi connectivity index (χ2n) is 6.06. The van der Waals surface area contributed by atoms with Crippen molar-refractivity contribution in [3.8, 4) is 11.5 Å². The standard InChI is InChI=1S/C20H14Cl3F2NO4/c1-10-6-12(30-20(24)25)2-4-16(10)26-19(27)17-5-3-13(29-17)9-28-18-14(22)7-11(21)8-15(18)23/h2-8,20H,9H2,1H3,(H,26,27). The fourth-order valence-electron chi connectivity index (χ4n) is 2.52. The van der Waals surface area contributed by atoms with Crippen LogP contribution < -0.4 is 14.8 Å². The Kier molecular flexibility index (Phi) is 7.07. The van der Waals surface area contributed by atoms with Crippen molar-refractivity contribution in [1.82, 2.24) is 0 Å². The lowest BCUT2D eigenvalue weighted by atomic mass is 10.2. The van der Waals surface area contributed by atoms with Crippen LogP contribution in [0.4, 0.5) is 14.5 Å². The van der Waals surface area contributed by atoms with Crippen LogP contribution in [0.25, 0.3) is 0 Å². The number of anilines is 1. The molecule has 0 saturated heterocycles. The Hall–Kier alpha value is -2.48. The van der Waals surface area contributed by atoms with E-state index in [1.807, 2.05) is 0 Å². The summed E-state index contributed by atoms with van der Waals surface area (Å²) in [4.78, 5) is 12.4. The summed E-state index contributed by atoms with van der Waals surface area (Å²) in [6, 6.07) is 10.2. The molecule has 158 valence electrons. The SMILES string of the molecule is Cc1cc(OC(F)F)ccc1NC(=O)c1ccc(COc2c(Cl)cc(Cl)cc2Cl)o1. The molecule has 1 N–H and O–H groups in total. The molecule has 3 rings (SSSR count). The van der Waals surface area contributed by atoms with E-state index >= 15 is 0 Å². The average Bonchev–Trinajstić information content (AvgIpc) is 3.11. The van der Waals surface area contributed by atoms with E-state index in [2.05, 4.69) is 10.1 Å². The van der Waals surface area contributed by atoms with Crippen molar-refractivity contribution in [3.05, 3.63) is 74.6 Å². The van der Waals surface area contributed by atoms with Crippen LogP contribution in [0.1, 0.15) is 21.9 Å². The lowest BCUT2D eigenvalue weighted by Gasteiger charge is -2.10. The van der Waals surface area contributed by atoms with Crippen LogP contribution >= 0.6 is 34.8 Å². The number of aryl methyl sites for hydroxylation is 1. The number of carbonyl (C=O) groups is 1. The normalized spacial score (nSPS) is 10.9. The van der Waals surface area contributed by atoms with Gasteiger partial charge in [0.1, 0.15) is 18.1 Å². The first kappa shape index (κ1) is 22.2. The van der Waals surface area contributed by atoms with Gasteiger partial charge < -0.3 is 19.2 Å². The second-order valence-corrected chi connectivity index (χ2v) is 7.31. The molecule has 0 atom stereocenters. The number of ether oxygens (including phenoxy) is 2. The van der Waals surface area contributed by atoms with Crippen molar-refractivity contribution in [3.63, 3.8) is 0 Å². The van der Waals surface area contributed by atoms with Gasteiger partial charge in [-0.3, -0.25) is 4.79 Å². The predicted molar refractivity (Wildman–Crippen MR) is 110 cm³/mol. The van der Waals surface area contributed by atoms with Gasteiger partial charge in [-0.1, -0.05) is 34.8 Å². The molecular formula is C20H14Cl3F2NO4. The minimum Gasteiger partial charge on any atom is -0.483 e. The van der Waals surface area contributed by atoms with Crippen LogP contribution in [0, 0.1) is 6.92 Å². The molecule has 0 fully saturated rings. The Morgan fingerprint density at radius 3 is 2.43 bits per heavy atom. The summed E-state index contributed by atoms with van der Waals surface area (Å²) in [5, 5.41) is 3.50. The van der Waals surface area contributed by atoms with Gasteiger partial charge in [0.05, 0.1) is 10.0 Å². The third-order valence-corrected chi connectivity index (χ3v) is 4.66. The van der Waals surface area contributed by atoms with Crippen LogP contribution in [-0.2, 0) is 6.61 Å². The van der Waals surface area contributed by atoms with E-state index in [1.54, 1.807) is 13.0 Å². The molecule has 0 aliphatic carbocycles. The first-order chi connectivity index (χ1) is 14.2. The fourth-order valence-corrected chi connectivity index (χ4v) is 3.45. The van der Waals surface area contributed by atoms with Gasteiger partial charge in [-0.2, -0.15) is 8.78 Å². The Morgan fingerprint density at radius 2 is 1.80 bits per heavy atom. The van der Waals surface area contributed by atoms with Gasteiger partial charge in [-0.05, 0) is 55.0 Å². The lowest BCUT2D eigenvalue weighted by molar-refractivity contribution is -0.0498. The second kappa shape index (κ2) is 9.55. The third kappa shape index (κ3) is 5.56. The Bertz CT molecular complexity index is 1050. The molecule has 0 bridgehead atoms. The summed E-state index contributed by atoms with van der Waals surface area (Å²) in [5.74, 6) is 0.118. The van der Waals surface area contributed by atoms with Gasteiger partial charge in [0, 0.05) is 10.7 Å². The van der Waals surface area contributed by atoms with Crippen LogP contribution in [0.15, 0.2) is 46.9 Å². The molecular weight excluding hydrogens is 463 g/mol. The van der Waals surface area contributed by atoms with E-state index in [1.165, 1.54) is 36.4 Å². The van der Waals surface area contributed by atoms with E-state index in [9.17, 15) is 13.6 Å². The highest BCUT2D eigenvalue weighted by atomic mass is 35.5. The number of benzene rings is 2. The van der Waals surface area contributed by atoms with Crippen LogP contribution in [0.3, 0.4) is 0 Å². The maximum atomic E-state index is 12.4. The first-order valence-electron chi connectivity index (χ1n) is 8.46. The quantitative estimate of drug-likeness (QED) is 0.399. The number of halogens is 5. The van der Waals surface area contributed by atoms with Crippen LogP contribution in [0.5, 0.6) is 11.5 Å². The summed E-state index contributed by atoms with van der Waals surface area (Å²) >= 11 is 18.0. The lowest BCUT2D eigenvalue weighted by Crippen LogP contribution is -2.12. The molecule has 30 heavy (non-hydrogen) atoms. The summed E-state index contributed by atoms with van der Waals surface area (Å²) in [7, 11) is 0. The maximum absolute atomic E-state index is 12.4. The van der Waals surface area contributed by atoms with Crippen molar-refractivity contribution in [2.24, 2.45) is 0 Å². The average molecular weight is 477 g/mol. The first-order valence-corrected chi connectivity index (χ1v) is 9.59. The van der Waals surface area contributed by atoms with Gasteiger partial charge in [0.25, 0.3) is 5.91 Å². The maximum Gasteiger partial charge on any atom is 0.387 e. The van der Waals surface area contributed by atoms with Gasteiger partial charge in [-0.25, -0.2) is 0 Å². The Balaban J connectivity index is 1.64. The summed E-state index contributed by atoms with van der Waals surface area (Å²) in [6.07, 6.45) is 0. The number of carbonyl (C=O) groups excluding carboxylic acids is 1. The molecule has 2 aromatic carbocycles. The summed E-state index contributed by atoms with van der Waals surface area (Å²) in [6.45, 7) is -1.30.